The van der Waals surface area contributed by atoms with E-state index in [0.717, 1.165) is 0 Å². The van der Waals surface area contributed by atoms with Gasteiger partial charge in [0.25, 0.3) is 0 Å². The Bertz CT molecular complexity index is 586. The monoisotopic (exact) mass is 302 g/mol. The molecule has 0 amide bonds. The highest BCUT2D eigenvalue weighted by atomic mass is 35.5. The number of carbonyl (C=O) groups excluding carboxylic acids is 1. The number of nitrogens with zero attached hydrogens (tertiary/aromatic N) is 2. The molecule has 0 fully saturated rings. The Kier molecular flexibility index (Phi) is 4.16. The third-order valence-corrected chi connectivity index (χ3v) is 3.41. The number of ether oxygens (including phenoxy) is 1. The van der Waals surface area contributed by atoms with E-state index in [4.69, 9.17) is 27.9 Å². The van der Waals surface area contributed by atoms with Crippen LogP contribution in [0.15, 0.2) is 17.5 Å². The van der Waals surface area contributed by atoms with Crippen molar-refractivity contribution in [3.8, 4) is 10.6 Å². The van der Waals surface area contributed by atoms with Gasteiger partial charge in [0.2, 0.25) is 0 Å². The molecule has 2 aromatic rings. The molecule has 0 aromatic carbocycles. The maximum absolute atomic E-state index is 11.5. The number of aromatic nitrogens is 2. The number of hydrogen-bond acceptors (Lipinski definition) is 5. The molecule has 2 aromatic heterocycles. The van der Waals surface area contributed by atoms with Crippen LogP contribution in [0.5, 0.6) is 0 Å². The summed E-state index contributed by atoms with van der Waals surface area (Å²) in [5, 5.41) is 2.79. The maximum atomic E-state index is 11.5. The van der Waals surface area contributed by atoms with Gasteiger partial charge in [-0.3, -0.25) is 0 Å². The summed E-state index contributed by atoms with van der Waals surface area (Å²) in [5.74, 6) is -0.446. The molecule has 2 heterocycles. The largest absolute Gasteiger partial charge is 0.461 e. The Labute approximate surface area is 118 Å². The van der Waals surface area contributed by atoms with Crippen molar-refractivity contribution in [2.75, 3.05) is 6.61 Å². The van der Waals surface area contributed by atoms with Crippen LogP contribution in [0.1, 0.15) is 17.4 Å². The van der Waals surface area contributed by atoms with E-state index in [1.165, 1.54) is 11.3 Å². The van der Waals surface area contributed by atoms with E-state index in [2.05, 4.69) is 9.97 Å². The molecule has 4 nitrogen and oxygen atoms in total. The lowest BCUT2D eigenvalue weighted by Gasteiger charge is -1.99. The van der Waals surface area contributed by atoms with Gasteiger partial charge in [0, 0.05) is 10.9 Å². The number of pyridine rings is 1. The van der Waals surface area contributed by atoms with Crippen molar-refractivity contribution >= 4 is 40.5 Å². The van der Waals surface area contributed by atoms with Crippen LogP contribution in [0.4, 0.5) is 0 Å². The number of thiazole rings is 1. The first-order chi connectivity index (χ1) is 8.61. The summed E-state index contributed by atoms with van der Waals surface area (Å²) < 4.78 is 4.86. The summed E-state index contributed by atoms with van der Waals surface area (Å²) >= 11 is 13.0. The smallest absolute Gasteiger partial charge is 0.357 e. The summed E-state index contributed by atoms with van der Waals surface area (Å²) in [6.07, 6.45) is 0. The van der Waals surface area contributed by atoms with Crippen molar-refractivity contribution in [2.45, 2.75) is 6.92 Å². The van der Waals surface area contributed by atoms with Crippen molar-refractivity contribution in [1.29, 1.82) is 0 Å². The molecule has 0 N–H and O–H groups in total. The Hall–Kier alpha value is -1.17. The number of rotatable bonds is 3. The van der Waals surface area contributed by atoms with Gasteiger partial charge in [-0.1, -0.05) is 23.2 Å². The molecular weight excluding hydrogens is 295 g/mol. The van der Waals surface area contributed by atoms with Gasteiger partial charge in [-0.05, 0) is 19.1 Å². The van der Waals surface area contributed by atoms with E-state index < -0.39 is 5.97 Å². The molecule has 0 saturated carbocycles. The molecule has 18 heavy (non-hydrogen) atoms. The van der Waals surface area contributed by atoms with Crippen LogP contribution in [0.3, 0.4) is 0 Å². The highest BCUT2D eigenvalue weighted by molar-refractivity contribution is 7.13. The molecule has 0 radical (unpaired) electrons. The zero-order chi connectivity index (χ0) is 13.1. The average molecular weight is 303 g/mol. The van der Waals surface area contributed by atoms with Gasteiger partial charge in [-0.25, -0.2) is 14.8 Å². The van der Waals surface area contributed by atoms with Crippen LogP contribution in [0.2, 0.25) is 10.3 Å². The van der Waals surface area contributed by atoms with Gasteiger partial charge >= 0.3 is 5.97 Å². The Balaban J connectivity index is 2.32. The van der Waals surface area contributed by atoms with E-state index in [1.54, 1.807) is 24.4 Å². The molecule has 0 bridgehead atoms. The normalized spacial score (nSPS) is 10.4. The Morgan fingerprint density at radius 3 is 2.83 bits per heavy atom. The minimum Gasteiger partial charge on any atom is -0.461 e. The second kappa shape index (κ2) is 5.65. The van der Waals surface area contributed by atoms with Crippen molar-refractivity contribution in [3.05, 3.63) is 33.5 Å². The van der Waals surface area contributed by atoms with Crippen molar-refractivity contribution in [1.82, 2.24) is 9.97 Å². The predicted octanol–water partition coefficient (Wildman–Crippen LogP) is 3.69. The summed E-state index contributed by atoms with van der Waals surface area (Å²) in [6.45, 7) is 2.06. The number of esters is 1. The Morgan fingerprint density at radius 1 is 1.39 bits per heavy atom. The third-order valence-electron chi connectivity index (χ3n) is 2.03. The lowest BCUT2D eigenvalue weighted by Crippen LogP contribution is -2.04. The van der Waals surface area contributed by atoms with Crippen LogP contribution < -0.4 is 0 Å². The zero-order valence-electron chi connectivity index (χ0n) is 9.31. The molecule has 0 atom stereocenters. The SMILES string of the molecule is CCOC(=O)c1csc(-c2ccc(Cl)nc2Cl)n1. The summed E-state index contributed by atoms with van der Waals surface area (Å²) in [6, 6.07) is 3.33. The standard InChI is InChI=1S/C11H8Cl2N2O2S/c1-2-17-11(16)7-5-18-10(14-7)6-3-4-8(12)15-9(6)13/h3-5H,2H2,1H3. The van der Waals surface area contributed by atoms with Gasteiger partial charge < -0.3 is 4.74 Å². The number of halogens is 2. The lowest BCUT2D eigenvalue weighted by molar-refractivity contribution is 0.0520. The molecule has 0 unspecified atom stereocenters. The fraction of sp³-hybridized carbons (Fsp3) is 0.182. The van der Waals surface area contributed by atoms with Gasteiger partial charge in [-0.2, -0.15) is 0 Å². The number of hydrogen-bond donors (Lipinski definition) is 0. The second-order valence-electron chi connectivity index (χ2n) is 3.23. The van der Waals surface area contributed by atoms with Crippen molar-refractivity contribution < 1.29 is 9.53 Å². The quantitative estimate of drug-likeness (QED) is 0.641. The molecule has 94 valence electrons. The van der Waals surface area contributed by atoms with E-state index in [9.17, 15) is 4.79 Å². The fourth-order valence-electron chi connectivity index (χ4n) is 1.27. The highest BCUT2D eigenvalue weighted by Gasteiger charge is 2.15. The van der Waals surface area contributed by atoms with E-state index in [-0.39, 0.29) is 10.8 Å². The lowest BCUT2D eigenvalue weighted by atomic mass is 10.3. The topological polar surface area (TPSA) is 52.1 Å². The molecule has 0 saturated heterocycles. The molecule has 0 aliphatic carbocycles. The molecule has 7 heteroatoms. The minimum atomic E-state index is -0.446. The van der Waals surface area contributed by atoms with Crippen molar-refractivity contribution in [3.63, 3.8) is 0 Å². The van der Waals surface area contributed by atoms with Crippen LogP contribution >= 0.6 is 34.5 Å². The first kappa shape index (κ1) is 13.3. The second-order valence-corrected chi connectivity index (χ2v) is 4.83. The van der Waals surface area contributed by atoms with E-state index >= 15 is 0 Å². The molecular formula is C11H8Cl2N2O2S. The van der Waals surface area contributed by atoms with E-state index in [0.29, 0.717) is 22.3 Å². The fourth-order valence-corrected chi connectivity index (χ4v) is 2.57. The first-order valence-corrected chi connectivity index (χ1v) is 6.70. The minimum absolute atomic E-state index is 0.257. The van der Waals surface area contributed by atoms with Crippen molar-refractivity contribution in [2.24, 2.45) is 0 Å². The molecule has 0 aliphatic heterocycles. The summed E-state index contributed by atoms with van der Waals surface area (Å²) in [4.78, 5) is 19.6. The van der Waals surface area contributed by atoms with Gasteiger partial charge in [0.05, 0.1) is 6.61 Å². The predicted molar refractivity (Wildman–Crippen MR) is 71.3 cm³/mol. The maximum Gasteiger partial charge on any atom is 0.357 e. The van der Waals surface area contributed by atoms with Crippen LogP contribution in [0.25, 0.3) is 10.6 Å². The summed E-state index contributed by atoms with van der Waals surface area (Å²) in [5.41, 5.74) is 0.907. The van der Waals surface area contributed by atoms with Gasteiger partial charge in [-0.15, -0.1) is 11.3 Å². The van der Waals surface area contributed by atoms with Gasteiger partial charge in [0.15, 0.2) is 5.69 Å². The molecule has 0 aliphatic rings. The zero-order valence-corrected chi connectivity index (χ0v) is 11.6. The third kappa shape index (κ3) is 2.80. The Morgan fingerprint density at radius 2 is 2.17 bits per heavy atom. The van der Waals surface area contributed by atoms with Crippen LogP contribution in [-0.4, -0.2) is 22.5 Å². The first-order valence-electron chi connectivity index (χ1n) is 5.07. The summed E-state index contributed by atoms with van der Waals surface area (Å²) in [7, 11) is 0. The van der Waals surface area contributed by atoms with Crippen LogP contribution in [0, 0.1) is 0 Å². The number of carbonyl (C=O) groups is 1. The average Bonchev–Trinajstić information content (AvgIpc) is 2.78. The molecule has 2 rings (SSSR count). The van der Waals surface area contributed by atoms with Crippen LogP contribution in [-0.2, 0) is 4.74 Å². The van der Waals surface area contributed by atoms with E-state index in [1.807, 2.05) is 0 Å². The highest BCUT2D eigenvalue weighted by Crippen LogP contribution is 2.30. The van der Waals surface area contributed by atoms with Gasteiger partial charge in [0.1, 0.15) is 15.3 Å². The molecule has 0 spiro atoms.